The van der Waals surface area contributed by atoms with Crippen LogP contribution in [0.4, 0.5) is 0 Å². The number of hydrogen-bond donors (Lipinski definition) is 0. The number of carbonyl (C=O) groups is 1. The Balaban J connectivity index is 4.24. The zero-order chi connectivity index (χ0) is 34.9. The Morgan fingerprint density at radius 3 is 1.70 bits per heavy atom. The Bertz CT molecular complexity index is 772. The van der Waals surface area contributed by atoms with Gasteiger partial charge >= 0.3 is 5.97 Å². The van der Waals surface area contributed by atoms with Crippen LogP contribution in [-0.4, -0.2) is 70.7 Å². The number of ether oxygens (including phenoxy) is 2. The number of quaternary nitrogens is 1. The van der Waals surface area contributed by atoms with Crippen LogP contribution in [0, 0.1) is 0 Å². The molecule has 0 aromatic heterocycles. The summed E-state index contributed by atoms with van der Waals surface area (Å²) in [7, 11) is 1.36. The van der Waals surface area contributed by atoms with Crippen molar-refractivity contribution in [2.24, 2.45) is 0 Å². The second-order valence-corrected chi connectivity index (χ2v) is 15.7. The number of esters is 1. The van der Waals surface area contributed by atoms with Crippen LogP contribution in [0.5, 0.6) is 0 Å². The molecule has 0 saturated carbocycles. The van der Waals surface area contributed by atoms with E-state index in [4.69, 9.17) is 18.5 Å². The number of phosphoric acid groups is 1. The maximum atomic E-state index is 12.6. The van der Waals surface area contributed by atoms with Crippen LogP contribution >= 0.6 is 7.82 Å². The SMILES string of the molecule is CCC/C=C\CCCCCCCC(=O)OC(COCCCCCCCCCCCCCCCCC)COP(=O)([O-])OCC[N+](C)(C)C. The van der Waals surface area contributed by atoms with E-state index >= 15 is 0 Å². The Kier molecular flexibility index (Phi) is 31.9. The van der Waals surface area contributed by atoms with E-state index in [9.17, 15) is 14.3 Å². The summed E-state index contributed by atoms with van der Waals surface area (Å²) in [4.78, 5) is 24.9. The number of carbonyl (C=O) groups excluding carboxylic acids is 1. The smallest absolute Gasteiger partial charge is 0.306 e. The van der Waals surface area contributed by atoms with E-state index in [-0.39, 0.29) is 25.8 Å². The van der Waals surface area contributed by atoms with Crippen LogP contribution in [0.1, 0.15) is 168 Å². The molecule has 0 heterocycles. The predicted octanol–water partition coefficient (Wildman–Crippen LogP) is 10.1. The summed E-state index contributed by atoms with van der Waals surface area (Å²) in [6.07, 6.45) is 32.2. The fourth-order valence-corrected chi connectivity index (χ4v) is 5.98. The summed E-state index contributed by atoms with van der Waals surface area (Å²) in [5.74, 6) is -0.344. The molecule has 0 aliphatic carbocycles. The van der Waals surface area contributed by atoms with Gasteiger partial charge in [-0.3, -0.25) is 9.36 Å². The number of likely N-dealkylation sites (N-methyl/N-ethyl adjacent to an activating group) is 1. The van der Waals surface area contributed by atoms with E-state index in [2.05, 4.69) is 26.0 Å². The first-order valence-corrected chi connectivity index (χ1v) is 20.9. The van der Waals surface area contributed by atoms with Crippen LogP contribution in [0.2, 0.25) is 0 Å². The fraction of sp³-hybridized carbons (Fsp3) is 0.921. The molecule has 0 saturated heterocycles. The molecule has 2 atom stereocenters. The lowest BCUT2D eigenvalue weighted by Gasteiger charge is -2.28. The topological polar surface area (TPSA) is 94.1 Å². The molecule has 47 heavy (non-hydrogen) atoms. The Morgan fingerprint density at radius 1 is 0.638 bits per heavy atom. The van der Waals surface area contributed by atoms with Gasteiger partial charge in [0.25, 0.3) is 7.82 Å². The zero-order valence-electron chi connectivity index (χ0n) is 31.5. The minimum atomic E-state index is -4.51. The molecule has 8 nitrogen and oxygen atoms in total. The van der Waals surface area contributed by atoms with Gasteiger partial charge in [-0.25, -0.2) is 0 Å². The van der Waals surface area contributed by atoms with Crippen molar-refractivity contribution in [1.82, 2.24) is 0 Å². The van der Waals surface area contributed by atoms with Crippen LogP contribution in [0.25, 0.3) is 0 Å². The highest BCUT2D eigenvalue weighted by Crippen LogP contribution is 2.38. The van der Waals surface area contributed by atoms with Gasteiger partial charge in [-0.15, -0.1) is 0 Å². The molecule has 0 aliphatic heterocycles. The number of phosphoric ester groups is 1. The standard InChI is InChI=1S/C38H76NO7P/c1-6-8-10-12-14-16-18-19-20-21-22-24-26-28-30-33-43-35-37(36-45-47(41,42)44-34-32-39(3,4)5)46-38(40)31-29-27-25-23-17-15-13-11-9-7-2/h11,13,37H,6-10,12,14-36H2,1-5H3/b13-11-. The Hall–Kier alpha value is -0.760. The predicted molar refractivity (Wildman–Crippen MR) is 194 cm³/mol. The molecule has 0 aromatic rings. The highest BCUT2D eigenvalue weighted by Gasteiger charge is 2.20. The van der Waals surface area contributed by atoms with E-state index in [1.54, 1.807) is 0 Å². The molecule has 0 aromatic carbocycles. The maximum Gasteiger partial charge on any atom is 0.306 e. The molecule has 0 fully saturated rings. The molecule has 9 heteroatoms. The first-order valence-electron chi connectivity index (χ1n) is 19.4. The molecule has 0 radical (unpaired) electrons. The van der Waals surface area contributed by atoms with Crippen molar-refractivity contribution < 1.29 is 37.3 Å². The molecule has 0 spiro atoms. The largest absolute Gasteiger partial charge is 0.756 e. The van der Waals surface area contributed by atoms with Crippen molar-refractivity contribution in [1.29, 1.82) is 0 Å². The first kappa shape index (κ1) is 46.2. The quantitative estimate of drug-likeness (QED) is 0.0212. The van der Waals surface area contributed by atoms with Crippen molar-refractivity contribution in [3.8, 4) is 0 Å². The van der Waals surface area contributed by atoms with Crippen molar-refractivity contribution in [3.05, 3.63) is 12.2 Å². The van der Waals surface area contributed by atoms with E-state index in [1.807, 2.05) is 21.1 Å². The van der Waals surface area contributed by atoms with Gasteiger partial charge < -0.3 is 27.9 Å². The van der Waals surface area contributed by atoms with Gasteiger partial charge in [0.1, 0.15) is 19.3 Å². The summed E-state index contributed by atoms with van der Waals surface area (Å²) < 4.78 is 34.4. The number of hydrogen-bond acceptors (Lipinski definition) is 7. The average Bonchev–Trinajstić information content (AvgIpc) is 3.01. The lowest BCUT2D eigenvalue weighted by molar-refractivity contribution is -0.870. The molecule has 2 unspecified atom stereocenters. The van der Waals surface area contributed by atoms with Gasteiger partial charge in [-0.1, -0.05) is 142 Å². The molecule has 0 amide bonds. The van der Waals surface area contributed by atoms with Crippen LogP contribution in [-0.2, 0) is 27.9 Å². The molecular formula is C38H76NO7P. The maximum absolute atomic E-state index is 12.6. The monoisotopic (exact) mass is 690 g/mol. The summed E-state index contributed by atoms with van der Waals surface area (Å²) in [6, 6.07) is 0. The summed E-state index contributed by atoms with van der Waals surface area (Å²) >= 11 is 0. The summed E-state index contributed by atoms with van der Waals surface area (Å²) in [5, 5.41) is 0. The van der Waals surface area contributed by atoms with Gasteiger partial charge in [0.2, 0.25) is 0 Å². The average molecular weight is 690 g/mol. The van der Waals surface area contributed by atoms with Gasteiger partial charge in [0, 0.05) is 13.0 Å². The molecule has 0 bridgehead atoms. The van der Waals surface area contributed by atoms with Crippen molar-refractivity contribution >= 4 is 13.8 Å². The third-order valence-electron chi connectivity index (χ3n) is 8.30. The third kappa shape index (κ3) is 36.3. The molecule has 0 aliphatic rings. The highest BCUT2D eigenvalue weighted by molar-refractivity contribution is 7.45. The van der Waals surface area contributed by atoms with E-state index < -0.39 is 13.9 Å². The minimum Gasteiger partial charge on any atom is -0.756 e. The van der Waals surface area contributed by atoms with E-state index in [0.717, 1.165) is 51.4 Å². The lowest BCUT2D eigenvalue weighted by Crippen LogP contribution is -2.37. The second kappa shape index (κ2) is 32.4. The first-order chi connectivity index (χ1) is 22.6. The van der Waals surface area contributed by atoms with Crippen molar-refractivity contribution in [2.75, 3.05) is 54.1 Å². The molecule has 280 valence electrons. The summed E-state index contributed by atoms with van der Waals surface area (Å²) in [5.41, 5.74) is 0. The molecule has 0 rings (SSSR count). The number of allylic oxidation sites excluding steroid dienone is 2. The molecular weight excluding hydrogens is 613 g/mol. The van der Waals surface area contributed by atoms with Crippen LogP contribution in [0.3, 0.4) is 0 Å². The van der Waals surface area contributed by atoms with Gasteiger partial charge in [-0.2, -0.15) is 0 Å². The highest BCUT2D eigenvalue weighted by atomic mass is 31.2. The second-order valence-electron chi connectivity index (χ2n) is 14.3. The minimum absolute atomic E-state index is 0.0272. The van der Waals surface area contributed by atoms with Gasteiger partial charge in [-0.05, 0) is 32.1 Å². The third-order valence-corrected chi connectivity index (χ3v) is 9.26. The molecule has 0 N–H and O–H groups in total. The van der Waals surface area contributed by atoms with Crippen LogP contribution < -0.4 is 4.89 Å². The van der Waals surface area contributed by atoms with Crippen molar-refractivity contribution in [3.63, 3.8) is 0 Å². The van der Waals surface area contributed by atoms with Gasteiger partial charge in [0.15, 0.2) is 0 Å². The van der Waals surface area contributed by atoms with E-state index in [1.165, 1.54) is 96.3 Å². The number of rotatable bonds is 36. The Labute approximate surface area is 290 Å². The van der Waals surface area contributed by atoms with E-state index in [0.29, 0.717) is 24.1 Å². The summed E-state index contributed by atoms with van der Waals surface area (Å²) in [6.45, 7) is 5.35. The normalized spacial score (nSPS) is 14.1. The van der Waals surface area contributed by atoms with Gasteiger partial charge in [0.05, 0.1) is 34.4 Å². The number of nitrogens with zero attached hydrogens (tertiary/aromatic N) is 1. The van der Waals surface area contributed by atoms with Crippen molar-refractivity contribution in [2.45, 2.75) is 174 Å². The van der Waals surface area contributed by atoms with Crippen LogP contribution in [0.15, 0.2) is 12.2 Å². The zero-order valence-corrected chi connectivity index (χ0v) is 32.4. The number of unbranched alkanes of at least 4 members (excludes halogenated alkanes) is 20. The fourth-order valence-electron chi connectivity index (χ4n) is 5.25. The lowest BCUT2D eigenvalue weighted by atomic mass is 10.0. The Morgan fingerprint density at radius 2 is 1.15 bits per heavy atom.